The van der Waals surface area contributed by atoms with Gasteiger partial charge in [-0.1, -0.05) is 25.1 Å². The lowest BCUT2D eigenvalue weighted by Crippen LogP contribution is -2.25. The van der Waals surface area contributed by atoms with Gasteiger partial charge in [0.2, 0.25) is 0 Å². The maximum atomic E-state index is 6.29. The van der Waals surface area contributed by atoms with Crippen LogP contribution in [0.2, 0.25) is 0 Å². The van der Waals surface area contributed by atoms with Crippen LogP contribution in [0.5, 0.6) is 0 Å². The van der Waals surface area contributed by atoms with Crippen molar-refractivity contribution in [2.75, 3.05) is 0 Å². The van der Waals surface area contributed by atoms with Gasteiger partial charge in [-0.15, -0.1) is 11.8 Å². The fraction of sp³-hybridized carbons (Fsp3) is 0.333. The molecule has 0 radical (unpaired) electrons. The summed E-state index contributed by atoms with van der Waals surface area (Å²) in [6.45, 7) is 4.31. The molecular weight excluding hydrogens is 258 g/mol. The Balaban J connectivity index is 2.24. The molecule has 2 rings (SSSR count). The maximum Gasteiger partial charge on any atom is 0.0503 e. The summed E-state index contributed by atoms with van der Waals surface area (Å²) in [7, 11) is 0. The second kappa shape index (κ2) is 6.41. The van der Waals surface area contributed by atoms with Crippen molar-refractivity contribution in [3.05, 3.63) is 52.2 Å². The first-order chi connectivity index (χ1) is 8.72. The van der Waals surface area contributed by atoms with Crippen LogP contribution in [0.4, 0.5) is 0 Å². The smallest absolute Gasteiger partial charge is 0.0503 e. The fourth-order valence-electron chi connectivity index (χ4n) is 1.88. The minimum Gasteiger partial charge on any atom is -0.326 e. The monoisotopic (exact) mass is 277 g/mol. The van der Waals surface area contributed by atoms with Crippen molar-refractivity contribution >= 4 is 23.1 Å². The molecule has 0 aliphatic rings. The predicted molar refractivity (Wildman–Crippen MR) is 82.4 cm³/mol. The van der Waals surface area contributed by atoms with E-state index in [1.807, 2.05) is 11.8 Å². The molecule has 1 heterocycles. The van der Waals surface area contributed by atoms with Gasteiger partial charge in [0.25, 0.3) is 0 Å². The van der Waals surface area contributed by atoms with E-state index in [-0.39, 0.29) is 6.04 Å². The molecule has 2 aromatic rings. The molecule has 1 aromatic carbocycles. The first-order valence-corrected chi connectivity index (χ1v) is 8.04. The van der Waals surface area contributed by atoms with Crippen LogP contribution >= 0.6 is 23.1 Å². The molecule has 0 saturated heterocycles. The summed E-state index contributed by atoms with van der Waals surface area (Å²) >= 11 is 3.63. The topological polar surface area (TPSA) is 26.0 Å². The molecule has 0 bridgehead atoms. The third-order valence-electron chi connectivity index (χ3n) is 3.08. The van der Waals surface area contributed by atoms with E-state index in [9.17, 15) is 0 Å². The van der Waals surface area contributed by atoms with Gasteiger partial charge >= 0.3 is 0 Å². The van der Waals surface area contributed by atoms with Crippen LogP contribution in [-0.4, -0.2) is 6.04 Å². The van der Waals surface area contributed by atoms with E-state index in [1.54, 1.807) is 11.3 Å². The van der Waals surface area contributed by atoms with Crippen LogP contribution in [0.25, 0.3) is 0 Å². The van der Waals surface area contributed by atoms with Crippen LogP contribution in [0.3, 0.4) is 0 Å². The van der Waals surface area contributed by atoms with Crippen molar-refractivity contribution < 1.29 is 0 Å². The van der Waals surface area contributed by atoms with Crippen LogP contribution < -0.4 is 5.73 Å². The Labute approximate surface area is 117 Å². The summed E-state index contributed by atoms with van der Waals surface area (Å²) in [4.78, 5) is 1.33. The number of hydrogen-bond donors (Lipinski definition) is 1. The van der Waals surface area contributed by atoms with Crippen molar-refractivity contribution in [2.24, 2.45) is 5.73 Å². The Hall–Kier alpha value is -0.770. The third kappa shape index (κ3) is 3.16. The zero-order valence-corrected chi connectivity index (χ0v) is 12.4. The van der Waals surface area contributed by atoms with E-state index >= 15 is 0 Å². The van der Waals surface area contributed by atoms with E-state index in [0.29, 0.717) is 5.25 Å². The Morgan fingerprint density at radius 2 is 2.06 bits per heavy atom. The van der Waals surface area contributed by atoms with Gasteiger partial charge in [0.15, 0.2) is 0 Å². The van der Waals surface area contributed by atoms with E-state index < -0.39 is 0 Å². The Morgan fingerprint density at radius 3 is 2.67 bits per heavy atom. The molecule has 0 aliphatic carbocycles. The summed E-state index contributed by atoms with van der Waals surface area (Å²) in [5, 5.41) is 4.69. The molecule has 0 spiro atoms. The molecular formula is C15H19NS2. The van der Waals surface area contributed by atoms with Gasteiger partial charge in [-0.2, -0.15) is 11.3 Å². The quantitative estimate of drug-likeness (QED) is 0.807. The summed E-state index contributed by atoms with van der Waals surface area (Å²) in [5.41, 5.74) is 8.96. The highest BCUT2D eigenvalue weighted by Gasteiger charge is 2.20. The lowest BCUT2D eigenvalue weighted by molar-refractivity contribution is 0.635. The van der Waals surface area contributed by atoms with Gasteiger partial charge in [-0.05, 0) is 47.4 Å². The van der Waals surface area contributed by atoms with Gasteiger partial charge in [-0.3, -0.25) is 0 Å². The second-order valence-electron chi connectivity index (χ2n) is 4.43. The molecule has 0 amide bonds. The van der Waals surface area contributed by atoms with Crippen molar-refractivity contribution in [1.29, 1.82) is 0 Å². The number of nitrogens with two attached hydrogens (primary N) is 1. The highest BCUT2D eigenvalue weighted by Crippen LogP contribution is 2.40. The molecule has 0 aliphatic heterocycles. The van der Waals surface area contributed by atoms with E-state index in [1.165, 1.54) is 16.0 Å². The number of thiophene rings is 1. The first-order valence-electron chi connectivity index (χ1n) is 6.22. The third-order valence-corrected chi connectivity index (χ3v) is 5.37. The molecule has 2 atom stereocenters. The van der Waals surface area contributed by atoms with E-state index in [4.69, 9.17) is 5.73 Å². The van der Waals surface area contributed by atoms with Gasteiger partial charge in [0.1, 0.15) is 0 Å². The summed E-state index contributed by atoms with van der Waals surface area (Å²) in [6, 6.07) is 10.9. The zero-order valence-electron chi connectivity index (χ0n) is 10.8. The largest absolute Gasteiger partial charge is 0.326 e. The van der Waals surface area contributed by atoms with Crippen LogP contribution in [-0.2, 0) is 0 Å². The van der Waals surface area contributed by atoms with Gasteiger partial charge < -0.3 is 5.73 Å². The van der Waals surface area contributed by atoms with Crippen molar-refractivity contribution in [1.82, 2.24) is 0 Å². The average molecular weight is 277 g/mol. The summed E-state index contributed by atoms with van der Waals surface area (Å²) < 4.78 is 0. The van der Waals surface area contributed by atoms with Crippen LogP contribution in [0.15, 0.2) is 46.0 Å². The van der Waals surface area contributed by atoms with Crippen LogP contribution in [0.1, 0.15) is 29.7 Å². The van der Waals surface area contributed by atoms with E-state index in [0.717, 1.165) is 6.42 Å². The SMILES string of the molecule is CCC(N)C(Sc1ccccc1C)c1ccsc1. The summed E-state index contributed by atoms with van der Waals surface area (Å²) in [6.07, 6.45) is 0.999. The molecule has 2 unspecified atom stereocenters. The highest BCUT2D eigenvalue weighted by molar-refractivity contribution is 7.99. The zero-order chi connectivity index (χ0) is 13.0. The number of rotatable bonds is 5. The fourth-order valence-corrected chi connectivity index (χ4v) is 4.00. The number of benzene rings is 1. The average Bonchev–Trinajstić information content (AvgIpc) is 2.90. The second-order valence-corrected chi connectivity index (χ2v) is 6.40. The van der Waals surface area contributed by atoms with Gasteiger partial charge in [0.05, 0.1) is 5.25 Å². The molecule has 96 valence electrons. The maximum absolute atomic E-state index is 6.29. The minimum atomic E-state index is 0.198. The Bertz CT molecular complexity index is 479. The molecule has 18 heavy (non-hydrogen) atoms. The highest BCUT2D eigenvalue weighted by atomic mass is 32.2. The molecule has 1 nitrogen and oxygen atoms in total. The van der Waals surface area contributed by atoms with Gasteiger partial charge in [0, 0.05) is 10.9 Å². The van der Waals surface area contributed by atoms with Crippen molar-refractivity contribution in [3.8, 4) is 0 Å². The number of hydrogen-bond acceptors (Lipinski definition) is 3. The lowest BCUT2D eigenvalue weighted by Gasteiger charge is -2.22. The van der Waals surface area contributed by atoms with Gasteiger partial charge in [-0.25, -0.2) is 0 Å². The Kier molecular flexibility index (Phi) is 4.87. The predicted octanol–water partition coefficient (Wildman–Crippen LogP) is 4.63. The van der Waals surface area contributed by atoms with Crippen molar-refractivity contribution in [3.63, 3.8) is 0 Å². The summed E-state index contributed by atoms with van der Waals surface area (Å²) in [5.74, 6) is 0. The van der Waals surface area contributed by atoms with Crippen molar-refractivity contribution in [2.45, 2.75) is 36.5 Å². The molecule has 2 N–H and O–H groups in total. The molecule has 1 aromatic heterocycles. The Morgan fingerprint density at radius 1 is 1.28 bits per heavy atom. The molecule has 3 heteroatoms. The normalized spacial score (nSPS) is 14.4. The molecule has 0 fully saturated rings. The lowest BCUT2D eigenvalue weighted by atomic mass is 10.1. The van der Waals surface area contributed by atoms with E-state index in [2.05, 4.69) is 54.9 Å². The first kappa shape index (κ1) is 13.7. The number of aryl methyl sites for hydroxylation is 1. The standard InChI is InChI=1S/C15H19NS2/c1-3-13(16)15(12-8-9-17-10-12)18-14-7-5-4-6-11(14)2/h4-10,13,15H,3,16H2,1-2H3. The number of thioether (sulfide) groups is 1. The molecule has 0 saturated carbocycles. The minimum absolute atomic E-state index is 0.198. The van der Waals surface area contributed by atoms with Crippen LogP contribution in [0, 0.1) is 6.92 Å².